The highest BCUT2D eigenvalue weighted by molar-refractivity contribution is 6.02. The van der Waals surface area contributed by atoms with Crippen LogP contribution in [0, 0.1) is 0 Å². The first kappa shape index (κ1) is 21.2. The lowest BCUT2D eigenvalue weighted by Gasteiger charge is -2.39. The number of fused-ring (bicyclic) bond motifs is 1. The van der Waals surface area contributed by atoms with E-state index in [0.29, 0.717) is 5.56 Å². The number of aliphatic hydroxyl groups is 3. The van der Waals surface area contributed by atoms with Gasteiger partial charge in [-0.15, -0.1) is 0 Å². The summed E-state index contributed by atoms with van der Waals surface area (Å²) in [7, 11) is 0. The molecule has 6 atom stereocenters. The van der Waals surface area contributed by atoms with E-state index in [9.17, 15) is 35.4 Å². The molecule has 10 heteroatoms. The van der Waals surface area contributed by atoms with Gasteiger partial charge in [0, 0.05) is 12.1 Å². The van der Waals surface area contributed by atoms with Crippen LogP contribution < -0.4 is 9.47 Å². The Morgan fingerprint density at radius 1 is 0.935 bits per heavy atom. The highest BCUT2D eigenvalue weighted by atomic mass is 16.7. The van der Waals surface area contributed by atoms with E-state index in [0.717, 1.165) is 6.07 Å². The van der Waals surface area contributed by atoms with Gasteiger partial charge >= 0.3 is 0 Å². The van der Waals surface area contributed by atoms with E-state index in [2.05, 4.69) is 0 Å². The van der Waals surface area contributed by atoms with Gasteiger partial charge in [0.25, 0.3) is 0 Å². The quantitative estimate of drug-likeness (QED) is 0.379. The summed E-state index contributed by atoms with van der Waals surface area (Å²) in [5.74, 6) is -1.46. The summed E-state index contributed by atoms with van der Waals surface area (Å²) in [6.07, 6.45) is -7.39. The summed E-state index contributed by atoms with van der Waals surface area (Å²) in [4.78, 5) is 12.6. The maximum absolute atomic E-state index is 12.6. The van der Waals surface area contributed by atoms with Crippen LogP contribution in [0.4, 0.5) is 0 Å². The SMILES string of the molecule is C[C@@H]1O[C@H](Oc2cc(O)c3c(c2)O[C@H](c2ccc(O)c(O)c2)CC3=O)[C@H](O)[C@H](O)[C@H]1O. The monoisotopic (exact) mass is 434 g/mol. The number of carbonyl (C=O) groups is 1. The third kappa shape index (κ3) is 3.86. The third-order valence-electron chi connectivity index (χ3n) is 5.41. The summed E-state index contributed by atoms with van der Waals surface area (Å²) in [5, 5.41) is 59.4. The average Bonchev–Trinajstić information content (AvgIpc) is 2.71. The van der Waals surface area contributed by atoms with Crippen molar-refractivity contribution in [1.82, 2.24) is 0 Å². The molecule has 2 aromatic rings. The number of rotatable bonds is 3. The van der Waals surface area contributed by atoms with Crippen LogP contribution >= 0.6 is 0 Å². The number of phenols is 3. The van der Waals surface area contributed by atoms with Crippen LogP contribution in [0.3, 0.4) is 0 Å². The molecule has 0 radical (unpaired) electrons. The number of Topliss-reactive ketones (excluding diaryl/α,β-unsaturated/α-hetero) is 1. The van der Waals surface area contributed by atoms with E-state index in [-0.39, 0.29) is 35.0 Å². The number of hydrogen-bond donors (Lipinski definition) is 6. The lowest BCUT2D eigenvalue weighted by molar-refractivity contribution is -0.268. The van der Waals surface area contributed by atoms with Gasteiger partial charge in [-0.1, -0.05) is 6.07 Å². The zero-order chi connectivity index (χ0) is 22.4. The van der Waals surface area contributed by atoms with Crippen molar-refractivity contribution < 1.29 is 49.6 Å². The van der Waals surface area contributed by atoms with Gasteiger partial charge in [-0.05, 0) is 24.6 Å². The standard InChI is InChI=1S/C21H22O10/c1-8-18(26)19(27)20(28)21(29-8)30-10-5-13(24)17-14(25)7-15(31-16(17)6-10)9-2-3-11(22)12(23)4-9/h2-6,8,15,18-24,26-28H,7H2,1H3/t8-,15-,18-,19+,20+,21+/m0/s1. The Hall–Kier alpha value is -3.05. The lowest BCUT2D eigenvalue weighted by Crippen LogP contribution is -2.58. The van der Waals surface area contributed by atoms with Gasteiger partial charge < -0.3 is 44.8 Å². The molecule has 2 aliphatic heterocycles. The summed E-state index contributed by atoms with van der Waals surface area (Å²) in [6.45, 7) is 1.50. The molecular formula is C21H22O10. The maximum atomic E-state index is 12.6. The van der Waals surface area contributed by atoms with E-state index in [1.54, 1.807) is 0 Å². The number of hydrogen-bond acceptors (Lipinski definition) is 10. The number of ketones is 1. The minimum Gasteiger partial charge on any atom is -0.507 e. The summed E-state index contributed by atoms with van der Waals surface area (Å²) in [5.41, 5.74) is 0.401. The van der Waals surface area contributed by atoms with E-state index < -0.39 is 48.3 Å². The zero-order valence-electron chi connectivity index (χ0n) is 16.4. The second-order valence-corrected chi connectivity index (χ2v) is 7.60. The Morgan fingerprint density at radius 3 is 2.39 bits per heavy atom. The molecule has 2 heterocycles. The summed E-state index contributed by atoms with van der Waals surface area (Å²) in [6, 6.07) is 6.54. The predicted molar refractivity (Wildman–Crippen MR) is 103 cm³/mol. The molecule has 31 heavy (non-hydrogen) atoms. The number of benzene rings is 2. The molecular weight excluding hydrogens is 412 g/mol. The maximum Gasteiger partial charge on any atom is 0.229 e. The fourth-order valence-corrected chi connectivity index (χ4v) is 3.65. The van der Waals surface area contributed by atoms with Gasteiger partial charge in [-0.2, -0.15) is 0 Å². The first-order valence-electron chi connectivity index (χ1n) is 9.60. The van der Waals surface area contributed by atoms with E-state index in [4.69, 9.17) is 14.2 Å². The minimum atomic E-state index is -1.56. The Balaban J connectivity index is 1.61. The molecule has 0 bridgehead atoms. The van der Waals surface area contributed by atoms with Gasteiger partial charge in [0.05, 0.1) is 12.5 Å². The molecule has 1 saturated heterocycles. The molecule has 6 N–H and O–H groups in total. The van der Waals surface area contributed by atoms with Crippen molar-refractivity contribution in [2.45, 2.75) is 50.2 Å². The van der Waals surface area contributed by atoms with Gasteiger partial charge in [-0.3, -0.25) is 4.79 Å². The normalized spacial score (nSPS) is 30.4. The molecule has 0 saturated carbocycles. The van der Waals surface area contributed by atoms with Crippen molar-refractivity contribution in [3.05, 3.63) is 41.5 Å². The fraction of sp³-hybridized carbons (Fsp3) is 0.381. The minimum absolute atomic E-state index is 0.00177. The molecule has 1 fully saturated rings. The number of phenolic OH excluding ortho intramolecular Hbond substituents is 3. The molecule has 4 rings (SSSR count). The highest BCUT2D eigenvalue weighted by Crippen LogP contribution is 2.43. The van der Waals surface area contributed by atoms with Crippen LogP contribution in [-0.2, 0) is 4.74 Å². The largest absolute Gasteiger partial charge is 0.507 e. The van der Waals surface area contributed by atoms with Crippen LogP contribution in [0.15, 0.2) is 30.3 Å². The molecule has 2 aliphatic rings. The fourth-order valence-electron chi connectivity index (χ4n) is 3.65. The molecule has 10 nitrogen and oxygen atoms in total. The predicted octanol–water partition coefficient (Wildman–Crippen LogP) is 0.716. The van der Waals surface area contributed by atoms with Gasteiger partial charge in [0.15, 0.2) is 17.3 Å². The second-order valence-electron chi connectivity index (χ2n) is 7.60. The topological polar surface area (TPSA) is 166 Å². The molecule has 2 aromatic carbocycles. The van der Waals surface area contributed by atoms with Crippen molar-refractivity contribution in [1.29, 1.82) is 0 Å². The summed E-state index contributed by atoms with van der Waals surface area (Å²) < 4.78 is 16.8. The zero-order valence-corrected chi connectivity index (χ0v) is 16.4. The van der Waals surface area contributed by atoms with Crippen LogP contribution in [-0.4, -0.2) is 67.1 Å². The highest BCUT2D eigenvalue weighted by Gasteiger charge is 2.43. The number of ether oxygens (including phenoxy) is 3. The smallest absolute Gasteiger partial charge is 0.229 e. The van der Waals surface area contributed by atoms with Crippen LogP contribution in [0.2, 0.25) is 0 Å². The molecule has 0 aromatic heterocycles. The average molecular weight is 434 g/mol. The van der Waals surface area contributed by atoms with Crippen LogP contribution in [0.1, 0.15) is 35.4 Å². The van der Waals surface area contributed by atoms with Crippen molar-refractivity contribution in [2.24, 2.45) is 0 Å². The van der Waals surface area contributed by atoms with E-state index in [1.165, 1.54) is 31.2 Å². The Bertz CT molecular complexity index is 1010. The first-order chi connectivity index (χ1) is 14.7. The van der Waals surface area contributed by atoms with Gasteiger partial charge in [-0.25, -0.2) is 0 Å². The van der Waals surface area contributed by atoms with E-state index in [1.807, 2.05) is 0 Å². The molecule has 166 valence electrons. The van der Waals surface area contributed by atoms with Crippen molar-refractivity contribution in [3.8, 4) is 28.7 Å². The van der Waals surface area contributed by atoms with Gasteiger partial charge in [0.1, 0.15) is 47.2 Å². The number of aromatic hydroxyl groups is 3. The Morgan fingerprint density at radius 2 is 1.68 bits per heavy atom. The van der Waals surface area contributed by atoms with E-state index >= 15 is 0 Å². The molecule has 0 amide bonds. The van der Waals surface area contributed by atoms with Crippen molar-refractivity contribution in [2.75, 3.05) is 0 Å². The molecule has 0 spiro atoms. The number of aliphatic hydroxyl groups excluding tert-OH is 3. The van der Waals surface area contributed by atoms with Crippen LogP contribution in [0.25, 0.3) is 0 Å². The van der Waals surface area contributed by atoms with Crippen LogP contribution in [0.5, 0.6) is 28.7 Å². The second kappa shape index (κ2) is 7.89. The van der Waals surface area contributed by atoms with Gasteiger partial charge in [0.2, 0.25) is 6.29 Å². The number of carbonyl (C=O) groups excluding carboxylic acids is 1. The first-order valence-corrected chi connectivity index (χ1v) is 9.60. The lowest BCUT2D eigenvalue weighted by atomic mass is 9.95. The van der Waals surface area contributed by atoms with Crippen molar-refractivity contribution in [3.63, 3.8) is 0 Å². The molecule has 0 unspecified atom stereocenters. The third-order valence-corrected chi connectivity index (χ3v) is 5.41. The molecule has 0 aliphatic carbocycles. The van der Waals surface area contributed by atoms with Crippen molar-refractivity contribution >= 4 is 5.78 Å². The Labute approximate surface area is 176 Å². The summed E-state index contributed by atoms with van der Waals surface area (Å²) >= 11 is 0. The Kier molecular flexibility index (Phi) is 5.40.